The van der Waals surface area contributed by atoms with Crippen molar-refractivity contribution in [1.82, 2.24) is 9.88 Å². The molecule has 0 spiro atoms. The third-order valence-electron chi connectivity index (χ3n) is 3.47. The van der Waals surface area contributed by atoms with Crippen molar-refractivity contribution in [3.05, 3.63) is 70.9 Å². The number of carbonyl (C=O) groups excluding carboxylic acids is 1. The van der Waals surface area contributed by atoms with Crippen LogP contribution in [0.25, 0.3) is 6.08 Å². The highest BCUT2D eigenvalue weighted by molar-refractivity contribution is 8.26. The van der Waals surface area contributed by atoms with Gasteiger partial charge >= 0.3 is 0 Å². The molecule has 2 aromatic rings. The van der Waals surface area contributed by atoms with Gasteiger partial charge in [-0.05, 0) is 30.2 Å². The molecule has 0 saturated carbocycles. The number of nitrogens with zero attached hydrogens (tertiary/aromatic N) is 2. The van der Waals surface area contributed by atoms with Crippen LogP contribution < -0.4 is 0 Å². The highest BCUT2D eigenvalue weighted by Crippen LogP contribution is 2.37. The van der Waals surface area contributed by atoms with Crippen molar-refractivity contribution in [2.75, 3.05) is 0 Å². The molecule has 1 atom stereocenters. The first-order chi connectivity index (χ1) is 10.7. The summed E-state index contributed by atoms with van der Waals surface area (Å²) in [6.07, 6.45) is 5.28. The highest BCUT2D eigenvalue weighted by Gasteiger charge is 2.35. The average molecular weight is 326 g/mol. The van der Waals surface area contributed by atoms with Gasteiger partial charge in [-0.25, -0.2) is 0 Å². The zero-order valence-electron chi connectivity index (χ0n) is 12.0. The maximum atomic E-state index is 12.7. The molecule has 1 amide bonds. The smallest absolute Gasteiger partial charge is 0.266 e. The van der Waals surface area contributed by atoms with E-state index in [0.717, 1.165) is 11.1 Å². The summed E-state index contributed by atoms with van der Waals surface area (Å²) in [6.45, 7) is 1.99. The summed E-state index contributed by atoms with van der Waals surface area (Å²) in [7, 11) is 0. The molecule has 3 nitrogen and oxygen atoms in total. The van der Waals surface area contributed by atoms with Gasteiger partial charge in [0.2, 0.25) is 0 Å². The predicted octanol–water partition coefficient (Wildman–Crippen LogP) is 4.04. The molecule has 1 aliphatic heterocycles. The summed E-state index contributed by atoms with van der Waals surface area (Å²) in [5, 5.41) is 0. The molecule has 1 saturated heterocycles. The lowest BCUT2D eigenvalue weighted by Crippen LogP contribution is -2.30. The number of aromatic nitrogens is 1. The van der Waals surface area contributed by atoms with Crippen LogP contribution in [0.1, 0.15) is 24.1 Å². The van der Waals surface area contributed by atoms with E-state index in [9.17, 15) is 4.79 Å². The molecule has 1 fully saturated rings. The minimum absolute atomic E-state index is 0.0461. The fourth-order valence-electron chi connectivity index (χ4n) is 2.31. The molecule has 0 N–H and O–H groups in total. The molecule has 3 rings (SSSR count). The van der Waals surface area contributed by atoms with Crippen LogP contribution in [0.2, 0.25) is 0 Å². The van der Waals surface area contributed by atoms with Gasteiger partial charge in [0.15, 0.2) is 0 Å². The van der Waals surface area contributed by atoms with Gasteiger partial charge in [-0.2, -0.15) is 0 Å². The van der Waals surface area contributed by atoms with Crippen LogP contribution in [-0.2, 0) is 4.79 Å². The minimum Gasteiger partial charge on any atom is -0.286 e. The summed E-state index contributed by atoms with van der Waals surface area (Å²) in [4.78, 5) is 19.0. The van der Waals surface area contributed by atoms with E-state index < -0.39 is 0 Å². The first-order valence-corrected chi connectivity index (χ1v) is 8.11. The van der Waals surface area contributed by atoms with Crippen molar-refractivity contribution < 1.29 is 4.79 Å². The number of benzene rings is 1. The van der Waals surface area contributed by atoms with E-state index in [1.165, 1.54) is 11.8 Å². The van der Waals surface area contributed by atoms with E-state index in [-0.39, 0.29) is 11.9 Å². The number of rotatable bonds is 3. The molecule has 1 aromatic carbocycles. The number of hydrogen-bond acceptors (Lipinski definition) is 4. The minimum atomic E-state index is -0.0755. The summed E-state index contributed by atoms with van der Waals surface area (Å²) < 4.78 is 0.594. The van der Waals surface area contributed by atoms with E-state index in [2.05, 4.69) is 4.98 Å². The Morgan fingerprint density at radius 2 is 2.00 bits per heavy atom. The molecule has 0 unspecified atom stereocenters. The Kier molecular flexibility index (Phi) is 4.36. The van der Waals surface area contributed by atoms with E-state index in [4.69, 9.17) is 12.2 Å². The van der Waals surface area contributed by atoms with Crippen LogP contribution in [0.3, 0.4) is 0 Å². The molecule has 1 aromatic heterocycles. The maximum absolute atomic E-state index is 12.7. The summed E-state index contributed by atoms with van der Waals surface area (Å²) in [5.74, 6) is -0.0461. The number of amides is 1. The first kappa shape index (κ1) is 14.9. The normalized spacial score (nSPS) is 18.0. The van der Waals surface area contributed by atoms with Gasteiger partial charge in [0.1, 0.15) is 4.32 Å². The van der Waals surface area contributed by atoms with Gasteiger partial charge in [0, 0.05) is 12.4 Å². The zero-order valence-corrected chi connectivity index (χ0v) is 13.6. The molecular weight excluding hydrogens is 312 g/mol. The van der Waals surface area contributed by atoms with Crippen LogP contribution in [-0.4, -0.2) is 20.1 Å². The molecule has 22 heavy (non-hydrogen) atoms. The zero-order chi connectivity index (χ0) is 15.5. The molecule has 0 radical (unpaired) electrons. The van der Waals surface area contributed by atoms with Crippen molar-refractivity contribution in [2.24, 2.45) is 0 Å². The number of hydrogen-bond donors (Lipinski definition) is 0. The van der Waals surface area contributed by atoms with E-state index >= 15 is 0 Å². The molecule has 2 heterocycles. The molecule has 0 aliphatic carbocycles. The fraction of sp³-hybridized carbons (Fsp3) is 0.118. The summed E-state index contributed by atoms with van der Waals surface area (Å²) in [6, 6.07) is 13.6. The van der Waals surface area contributed by atoms with E-state index in [1.807, 2.05) is 55.5 Å². The number of pyridine rings is 1. The Hall–Kier alpha value is -1.98. The third-order valence-corrected chi connectivity index (χ3v) is 4.81. The summed E-state index contributed by atoms with van der Waals surface area (Å²) in [5.41, 5.74) is 1.97. The topological polar surface area (TPSA) is 33.2 Å². The average Bonchev–Trinajstić information content (AvgIpc) is 2.82. The van der Waals surface area contributed by atoms with E-state index in [0.29, 0.717) is 9.23 Å². The number of carbonyl (C=O) groups is 1. The van der Waals surface area contributed by atoms with Crippen LogP contribution >= 0.6 is 24.0 Å². The van der Waals surface area contributed by atoms with Gasteiger partial charge in [-0.15, -0.1) is 0 Å². The molecular formula is C17H14N2OS2. The molecule has 110 valence electrons. The highest BCUT2D eigenvalue weighted by atomic mass is 32.2. The predicted molar refractivity (Wildman–Crippen MR) is 94.1 cm³/mol. The number of thioether (sulfide) groups is 1. The lowest BCUT2D eigenvalue weighted by atomic mass is 10.1. The van der Waals surface area contributed by atoms with E-state index in [1.54, 1.807) is 17.3 Å². The van der Waals surface area contributed by atoms with Crippen molar-refractivity contribution in [2.45, 2.75) is 13.0 Å². The monoisotopic (exact) mass is 326 g/mol. The Balaban J connectivity index is 1.88. The second-order valence-corrected chi connectivity index (χ2v) is 6.60. The molecule has 5 heteroatoms. The Bertz CT molecular complexity index is 729. The Morgan fingerprint density at radius 1 is 1.23 bits per heavy atom. The van der Waals surface area contributed by atoms with Gasteiger partial charge in [-0.1, -0.05) is 60.4 Å². The standard InChI is InChI=1S/C17H14N2OS2/c1-12(14-7-3-2-4-8-14)19-16(20)15(22-17(19)21)10-13-6-5-9-18-11-13/h2-12H,1H3/b15-10+/t12-/m0/s1. The Morgan fingerprint density at radius 3 is 2.68 bits per heavy atom. The van der Waals surface area contributed by atoms with Crippen LogP contribution in [0, 0.1) is 0 Å². The van der Waals surface area contributed by atoms with Crippen molar-refractivity contribution >= 4 is 40.3 Å². The van der Waals surface area contributed by atoms with Crippen LogP contribution in [0.15, 0.2) is 59.8 Å². The quantitative estimate of drug-likeness (QED) is 0.629. The van der Waals surface area contributed by atoms with Gasteiger partial charge < -0.3 is 0 Å². The van der Waals surface area contributed by atoms with Crippen molar-refractivity contribution in [1.29, 1.82) is 0 Å². The van der Waals surface area contributed by atoms with Gasteiger partial charge in [0.25, 0.3) is 5.91 Å². The molecule has 0 bridgehead atoms. The Labute approximate surface area is 139 Å². The SMILES string of the molecule is C[C@@H](c1ccccc1)N1C(=O)/C(=C\c2cccnc2)SC1=S. The number of thiocarbonyl (C=S) groups is 1. The third kappa shape index (κ3) is 2.96. The van der Waals surface area contributed by atoms with Crippen LogP contribution in [0.4, 0.5) is 0 Å². The lowest BCUT2D eigenvalue weighted by Gasteiger charge is -2.23. The van der Waals surface area contributed by atoms with Gasteiger partial charge in [-0.3, -0.25) is 14.7 Å². The van der Waals surface area contributed by atoms with Crippen molar-refractivity contribution in [3.63, 3.8) is 0 Å². The molecule has 1 aliphatic rings. The second-order valence-electron chi connectivity index (χ2n) is 4.92. The second kappa shape index (κ2) is 6.42. The maximum Gasteiger partial charge on any atom is 0.266 e. The summed E-state index contributed by atoms with van der Waals surface area (Å²) >= 11 is 6.74. The lowest BCUT2D eigenvalue weighted by molar-refractivity contribution is -0.123. The fourth-order valence-corrected chi connectivity index (χ4v) is 3.73. The van der Waals surface area contributed by atoms with Crippen LogP contribution in [0.5, 0.6) is 0 Å². The van der Waals surface area contributed by atoms with Crippen molar-refractivity contribution in [3.8, 4) is 0 Å². The van der Waals surface area contributed by atoms with Gasteiger partial charge in [0.05, 0.1) is 10.9 Å². The largest absolute Gasteiger partial charge is 0.286 e. The first-order valence-electron chi connectivity index (χ1n) is 6.89.